The Balaban J connectivity index is 2.15. The van der Waals surface area contributed by atoms with E-state index < -0.39 is 0 Å². The fourth-order valence-corrected chi connectivity index (χ4v) is 2.62. The maximum Gasteiger partial charge on any atom is 0.270 e. The lowest BCUT2D eigenvalue weighted by Gasteiger charge is -2.34. The van der Waals surface area contributed by atoms with Gasteiger partial charge in [-0.2, -0.15) is 0 Å². The van der Waals surface area contributed by atoms with Gasteiger partial charge in [0.2, 0.25) is 0 Å². The highest BCUT2D eigenvalue weighted by Crippen LogP contribution is 2.20. The molecule has 1 amide bonds. The second kappa shape index (κ2) is 5.65. The number of aliphatic hydroxyl groups is 1. The molecule has 5 heteroatoms. The minimum absolute atomic E-state index is 0.0175. The van der Waals surface area contributed by atoms with Gasteiger partial charge in [-0.15, -0.1) is 0 Å². The van der Waals surface area contributed by atoms with Crippen molar-refractivity contribution in [1.82, 2.24) is 9.47 Å². The van der Waals surface area contributed by atoms with Gasteiger partial charge in [0.25, 0.3) is 5.91 Å². The lowest BCUT2D eigenvalue weighted by molar-refractivity contribution is 0.0291. The van der Waals surface area contributed by atoms with Crippen LogP contribution in [-0.4, -0.2) is 39.7 Å². The van der Waals surface area contributed by atoms with Gasteiger partial charge in [-0.25, -0.2) is 0 Å². The number of nitrogen functional groups attached to an aromatic ring is 1. The summed E-state index contributed by atoms with van der Waals surface area (Å²) in [6, 6.07) is 1.74. The summed E-state index contributed by atoms with van der Waals surface area (Å²) in [5.74, 6) is 0.147. The first-order valence-corrected chi connectivity index (χ1v) is 6.96. The molecule has 1 aromatic heterocycles. The normalized spacial score (nSPS) is 23.6. The number of carbonyl (C=O) groups excluding carboxylic acids is 1. The van der Waals surface area contributed by atoms with E-state index in [0.717, 1.165) is 13.0 Å². The van der Waals surface area contributed by atoms with Gasteiger partial charge in [-0.1, -0.05) is 13.8 Å². The molecule has 2 heterocycles. The quantitative estimate of drug-likeness (QED) is 0.866. The maximum absolute atomic E-state index is 12.5. The van der Waals surface area contributed by atoms with E-state index in [-0.39, 0.29) is 17.9 Å². The predicted molar refractivity (Wildman–Crippen MR) is 74.8 cm³/mol. The first-order chi connectivity index (χ1) is 9.02. The van der Waals surface area contributed by atoms with E-state index >= 15 is 0 Å². The molecule has 0 radical (unpaired) electrons. The molecule has 1 saturated heterocycles. The first kappa shape index (κ1) is 13.9. The molecule has 1 aromatic rings. The van der Waals surface area contributed by atoms with Gasteiger partial charge in [-0.05, 0) is 24.8 Å². The second-order valence-corrected chi connectivity index (χ2v) is 5.44. The molecule has 0 aromatic carbocycles. The molecule has 1 aliphatic rings. The molecule has 5 nitrogen and oxygen atoms in total. The molecule has 2 rings (SSSR count). The fraction of sp³-hybridized carbons (Fsp3) is 0.643. The smallest absolute Gasteiger partial charge is 0.270 e. The maximum atomic E-state index is 12.5. The predicted octanol–water partition coefficient (Wildman–Crippen LogP) is 1.32. The van der Waals surface area contributed by atoms with Gasteiger partial charge in [0.05, 0.1) is 11.8 Å². The number of nitrogens with two attached hydrogens (primary N) is 1. The highest BCUT2D eigenvalue weighted by atomic mass is 16.3. The highest BCUT2D eigenvalue weighted by molar-refractivity contribution is 5.94. The second-order valence-electron chi connectivity index (χ2n) is 5.44. The summed E-state index contributed by atoms with van der Waals surface area (Å²) in [4.78, 5) is 14.3. The van der Waals surface area contributed by atoms with Crippen LogP contribution in [0.2, 0.25) is 0 Å². The van der Waals surface area contributed by atoms with Crippen molar-refractivity contribution >= 4 is 11.6 Å². The number of hydrogen-bond acceptors (Lipinski definition) is 3. The summed E-state index contributed by atoms with van der Waals surface area (Å²) in [5, 5.41) is 9.73. The summed E-state index contributed by atoms with van der Waals surface area (Å²) in [6.45, 7) is 6.07. The number of anilines is 1. The summed E-state index contributed by atoms with van der Waals surface area (Å²) in [5.41, 5.74) is 7.08. The molecule has 0 aliphatic carbocycles. The van der Waals surface area contributed by atoms with E-state index in [9.17, 15) is 9.90 Å². The Morgan fingerprint density at radius 1 is 1.58 bits per heavy atom. The van der Waals surface area contributed by atoms with Crippen molar-refractivity contribution in [3.8, 4) is 0 Å². The van der Waals surface area contributed by atoms with Crippen molar-refractivity contribution in [3.05, 3.63) is 18.0 Å². The third-order valence-corrected chi connectivity index (χ3v) is 3.75. The van der Waals surface area contributed by atoms with Crippen LogP contribution in [0.3, 0.4) is 0 Å². The zero-order valence-electron chi connectivity index (χ0n) is 11.7. The van der Waals surface area contributed by atoms with E-state index in [1.165, 1.54) is 0 Å². The van der Waals surface area contributed by atoms with Crippen molar-refractivity contribution in [2.45, 2.75) is 39.3 Å². The van der Waals surface area contributed by atoms with Crippen LogP contribution in [-0.2, 0) is 6.54 Å². The third-order valence-electron chi connectivity index (χ3n) is 3.75. The summed E-state index contributed by atoms with van der Waals surface area (Å²) in [7, 11) is 0. The number of piperidine rings is 1. The number of nitrogens with zero attached hydrogens (tertiary/aromatic N) is 2. The minimum atomic E-state index is -0.295. The third kappa shape index (κ3) is 2.92. The van der Waals surface area contributed by atoms with Gasteiger partial charge in [0.15, 0.2) is 0 Å². The molecule has 0 bridgehead atoms. The average molecular weight is 265 g/mol. The van der Waals surface area contributed by atoms with Crippen LogP contribution in [0.15, 0.2) is 12.3 Å². The van der Waals surface area contributed by atoms with Crippen LogP contribution < -0.4 is 5.73 Å². The number of likely N-dealkylation sites (tertiary alicyclic amines) is 1. The zero-order valence-corrected chi connectivity index (χ0v) is 11.7. The number of amides is 1. The van der Waals surface area contributed by atoms with Crippen LogP contribution in [0.25, 0.3) is 0 Å². The van der Waals surface area contributed by atoms with Gasteiger partial charge in [0.1, 0.15) is 5.69 Å². The number of aryl methyl sites for hydroxylation is 1. The van der Waals surface area contributed by atoms with Crippen molar-refractivity contribution < 1.29 is 9.90 Å². The summed E-state index contributed by atoms with van der Waals surface area (Å²) >= 11 is 0. The first-order valence-electron chi connectivity index (χ1n) is 6.96. The van der Waals surface area contributed by atoms with Gasteiger partial charge in [-0.3, -0.25) is 4.79 Å². The number of aromatic nitrogens is 1. The minimum Gasteiger partial charge on any atom is -0.397 e. The van der Waals surface area contributed by atoms with E-state index in [0.29, 0.717) is 30.9 Å². The molecule has 0 spiro atoms. The van der Waals surface area contributed by atoms with Crippen molar-refractivity contribution in [1.29, 1.82) is 0 Å². The zero-order chi connectivity index (χ0) is 14.0. The van der Waals surface area contributed by atoms with Crippen LogP contribution in [0.5, 0.6) is 0 Å². The van der Waals surface area contributed by atoms with Crippen LogP contribution in [0.4, 0.5) is 5.69 Å². The lowest BCUT2D eigenvalue weighted by Crippen LogP contribution is -2.45. The van der Waals surface area contributed by atoms with Crippen LogP contribution >= 0.6 is 0 Å². The van der Waals surface area contributed by atoms with E-state index in [2.05, 4.69) is 6.92 Å². The van der Waals surface area contributed by atoms with E-state index in [4.69, 9.17) is 5.73 Å². The monoisotopic (exact) mass is 265 g/mol. The standard InChI is InChI=1S/C14H23N3O2/c1-3-5-16-9-11(15)7-12(16)14(19)17-6-4-13(18)10(2)8-17/h7,9-10,13,18H,3-6,8,15H2,1-2H3. The molecular formula is C14H23N3O2. The summed E-state index contributed by atoms with van der Waals surface area (Å²) in [6.07, 6.45) is 3.14. The largest absolute Gasteiger partial charge is 0.397 e. The van der Waals surface area contributed by atoms with Crippen LogP contribution in [0.1, 0.15) is 37.2 Å². The van der Waals surface area contributed by atoms with Crippen molar-refractivity contribution in [2.75, 3.05) is 18.8 Å². The Morgan fingerprint density at radius 3 is 2.95 bits per heavy atom. The van der Waals surface area contributed by atoms with E-state index in [1.807, 2.05) is 22.6 Å². The average Bonchev–Trinajstić information content (AvgIpc) is 2.73. The van der Waals surface area contributed by atoms with Gasteiger partial charge < -0.3 is 20.3 Å². The number of aliphatic hydroxyl groups excluding tert-OH is 1. The Bertz CT molecular complexity index is 456. The Kier molecular flexibility index (Phi) is 4.14. The number of carbonyl (C=O) groups is 1. The lowest BCUT2D eigenvalue weighted by atomic mass is 9.96. The molecule has 1 aliphatic heterocycles. The number of rotatable bonds is 3. The molecule has 2 unspecified atom stereocenters. The summed E-state index contributed by atoms with van der Waals surface area (Å²) < 4.78 is 1.92. The molecule has 1 fully saturated rings. The molecule has 106 valence electrons. The molecule has 19 heavy (non-hydrogen) atoms. The molecule has 3 N–H and O–H groups in total. The van der Waals surface area contributed by atoms with Crippen LogP contribution in [0, 0.1) is 5.92 Å². The molecule has 2 atom stereocenters. The Morgan fingerprint density at radius 2 is 2.32 bits per heavy atom. The van der Waals surface area contributed by atoms with Crippen molar-refractivity contribution in [2.24, 2.45) is 5.92 Å². The topological polar surface area (TPSA) is 71.5 Å². The van der Waals surface area contributed by atoms with Gasteiger partial charge >= 0.3 is 0 Å². The van der Waals surface area contributed by atoms with E-state index in [1.54, 1.807) is 6.07 Å². The number of hydrogen-bond donors (Lipinski definition) is 2. The molecule has 0 saturated carbocycles. The van der Waals surface area contributed by atoms with Crippen molar-refractivity contribution in [3.63, 3.8) is 0 Å². The van der Waals surface area contributed by atoms with Gasteiger partial charge in [0, 0.05) is 25.8 Å². The highest BCUT2D eigenvalue weighted by Gasteiger charge is 2.29. The Labute approximate surface area is 114 Å². The SMILES string of the molecule is CCCn1cc(N)cc1C(=O)N1CCC(O)C(C)C1. The Hall–Kier alpha value is -1.49. The fourth-order valence-electron chi connectivity index (χ4n) is 2.62. The molecular weight excluding hydrogens is 242 g/mol.